The molecule has 0 spiro atoms. The molecule has 94 valence electrons. The summed E-state index contributed by atoms with van der Waals surface area (Å²) in [6.07, 6.45) is 1.34. The Morgan fingerprint density at radius 3 is 2.47 bits per heavy atom. The van der Waals surface area contributed by atoms with Gasteiger partial charge in [-0.25, -0.2) is 0 Å². The van der Waals surface area contributed by atoms with Crippen LogP contribution in [0.1, 0.15) is 39.9 Å². The molecule has 0 atom stereocenters. The lowest BCUT2D eigenvalue weighted by molar-refractivity contribution is -0.00188. The number of nitrogens with zero attached hydrogens (tertiary/aromatic N) is 1. The average molecular weight is 253 g/mol. The molecule has 0 aliphatic carbocycles. The second kappa shape index (κ2) is 4.42. The van der Waals surface area contributed by atoms with Gasteiger partial charge < -0.3 is 10.0 Å². The van der Waals surface area contributed by atoms with Gasteiger partial charge >= 0.3 is 0 Å². The molecule has 2 rings (SSSR count). The van der Waals surface area contributed by atoms with Crippen LogP contribution in [-0.2, 0) is 0 Å². The molecule has 0 saturated carbocycles. The number of carbonyl (C=O) groups is 1. The van der Waals surface area contributed by atoms with E-state index in [4.69, 9.17) is 0 Å². The summed E-state index contributed by atoms with van der Waals surface area (Å²) in [6.45, 7) is 7.22. The molecular weight excluding hydrogens is 234 g/mol. The van der Waals surface area contributed by atoms with Gasteiger partial charge in [-0.15, -0.1) is 11.3 Å². The number of hydrogen-bond donors (Lipinski definition) is 1. The quantitative estimate of drug-likeness (QED) is 0.834. The molecule has 1 N–H and O–H groups in total. The molecule has 1 aromatic rings. The monoisotopic (exact) mass is 253 g/mol. The van der Waals surface area contributed by atoms with Gasteiger partial charge in [0.05, 0.1) is 10.5 Å². The van der Waals surface area contributed by atoms with Crippen LogP contribution in [0.4, 0.5) is 0 Å². The van der Waals surface area contributed by atoms with Crippen molar-refractivity contribution < 1.29 is 9.90 Å². The highest BCUT2D eigenvalue weighted by Gasteiger charge is 2.30. The Balaban J connectivity index is 2.07. The third-order valence-corrected chi connectivity index (χ3v) is 4.65. The maximum absolute atomic E-state index is 12.2. The van der Waals surface area contributed by atoms with E-state index in [1.165, 1.54) is 10.4 Å². The van der Waals surface area contributed by atoms with Crippen LogP contribution in [0.15, 0.2) is 6.07 Å². The smallest absolute Gasteiger partial charge is 0.263 e. The number of piperidine rings is 1. The molecule has 1 fully saturated rings. The van der Waals surface area contributed by atoms with Crippen molar-refractivity contribution in [2.24, 2.45) is 0 Å². The van der Waals surface area contributed by atoms with Gasteiger partial charge in [-0.3, -0.25) is 4.79 Å². The normalized spacial score (nSPS) is 19.4. The Hall–Kier alpha value is -0.870. The van der Waals surface area contributed by atoms with Crippen molar-refractivity contribution in [3.63, 3.8) is 0 Å². The van der Waals surface area contributed by atoms with Crippen LogP contribution < -0.4 is 0 Å². The molecule has 1 aliphatic rings. The van der Waals surface area contributed by atoms with Gasteiger partial charge in [0.25, 0.3) is 5.91 Å². The minimum absolute atomic E-state index is 0.113. The maximum Gasteiger partial charge on any atom is 0.263 e. The Morgan fingerprint density at radius 1 is 1.41 bits per heavy atom. The summed E-state index contributed by atoms with van der Waals surface area (Å²) in [7, 11) is 0. The van der Waals surface area contributed by atoms with Crippen molar-refractivity contribution in [1.82, 2.24) is 4.90 Å². The summed E-state index contributed by atoms with van der Waals surface area (Å²) in [5.74, 6) is 0.113. The molecule has 0 radical (unpaired) electrons. The molecule has 0 aromatic carbocycles. The molecule has 4 heteroatoms. The van der Waals surface area contributed by atoms with Crippen LogP contribution in [0.2, 0.25) is 0 Å². The fourth-order valence-electron chi connectivity index (χ4n) is 2.03. The number of rotatable bonds is 1. The Bertz CT molecular complexity index is 407. The second-order valence-corrected chi connectivity index (χ2v) is 6.40. The molecule has 3 nitrogen and oxygen atoms in total. The van der Waals surface area contributed by atoms with Crippen molar-refractivity contribution in [2.45, 2.75) is 39.2 Å². The molecule has 1 amide bonds. The zero-order valence-electron chi connectivity index (χ0n) is 10.6. The van der Waals surface area contributed by atoms with Crippen molar-refractivity contribution in [3.05, 3.63) is 21.4 Å². The Morgan fingerprint density at radius 2 is 2.00 bits per heavy atom. The highest BCUT2D eigenvalue weighted by molar-refractivity contribution is 7.14. The standard InChI is InChI=1S/C13H19NO2S/c1-9-8-11(17-10(9)2)12(15)14-6-4-13(3,16)5-7-14/h8,16H,4-7H2,1-3H3. The van der Waals surface area contributed by atoms with Crippen LogP contribution in [-0.4, -0.2) is 34.6 Å². The first-order chi connectivity index (χ1) is 7.89. The van der Waals surface area contributed by atoms with Crippen LogP contribution in [0, 0.1) is 13.8 Å². The number of thiophene rings is 1. The van der Waals surface area contributed by atoms with Gasteiger partial charge in [0, 0.05) is 18.0 Å². The minimum atomic E-state index is -0.599. The number of amides is 1. The van der Waals surface area contributed by atoms with Crippen molar-refractivity contribution in [1.29, 1.82) is 0 Å². The summed E-state index contributed by atoms with van der Waals surface area (Å²) in [6, 6.07) is 1.97. The van der Waals surface area contributed by atoms with E-state index in [-0.39, 0.29) is 5.91 Å². The molecule has 1 aromatic heterocycles. The van der Waals surface area contributed by atoms with Crippen LogP contribution in [0.3, 0.4) is 0 Å². The topological polar surface area (TPSA) is 40.5 Å². The summed E-state index contributed by atoms with van der Waals surface area (Å²) < 4.78 is 0. The first-order valence-corrected chi connectivity index (χ1v) is 6.79. The molecule has 0 bridgehead atoms. The molecule has 1 saturated heterocycles. The van der Waals surface area contributed by atoms with E-state index in [2.05, 4.69) is 0 Å². The van der Waals surface area contributed by atoms with E-state index in [9.17, 15) is 9.90 Å². The summed E-state index contributed by atoms with van der Waals surface area (Å²) in [5.41, 5.74) is 0.584. The molecular formula is C13H19NO2S. The molecule has 2 heterocycles. The van der Waals surface area contributed by atoms with Crippen molar-refractivity contribution in [2.75, 3.05) is 13.1 Å². The zero-order valence-corrected chi connectivity index (χ0v) is 11.4. The average Bonchev–Trinajstić information content (AvgIpc) is 2.58. The van der Waals surface area contributed by atoms with Gasteiger partial charge in [0.1, 0.15) is 0 Å². The number of carbonyl (C=O) groups excluding carboxylic acids is 1. The minimum Gasteiger partial charge on any atom is -0.390 e. The second-order valence-electron chi connectivity index (χ2n) is 5.14. The first-order valence-electron chi connectivity index (χ1n) is 5.98. The SMILES string of the molecule is Cc1cc(C(=O)N2CCC(C)(O)CC2)sc1C. The predicted molar refractivity (Wildman–Crippen MR) is 69.6 cm³/mol. The number of aliphatic hydroxyl groups is 1. The first kappa shape index (κ1) is 12.6. The molecule has 17 heavy (non-hydrogen) atoms. The number of aryl methyl sites for hydroxylation is 2. The summed E-state index contributed by atoms with van der Waals surface area (Å²) in [4.78, 5) is 16.1. The van der Waals surface area contributed by atoms with E-state index in [0.717, 1.165) is 4.88 Å². The molecule has 1 aliphatic heterocycles. The van der Waals surface area contributed by atoms with E-state index >= 15 is 0 Å². The zero-order chi connectivity index (χ0) is 12.6. The summed E-state index contributed by atoms with van der Waals surface area (Å²) >= 11 is 1.56. The van der Waals surface area contributed by atoms with Crippen LogP contribution >= 0.6 is 11.3 Å². The fraction of sp³-hybridized carbons (Fsp3) is 0.615. The lowest BCUT2D eigenvalue weighted by atomic mass is 9.94. The van der Waals surface area contributed by atoms with Crippen LogP contribution in [0.5, 0.6) is 0 Å². The van der Waals surface area contributed by atoms with Gasteiger partial charge in [0.2, 0.25) is 0 Å². The fourth-order valence-corrected chi connectivity index (χ4v) is 3.03. The third-order valence-electron chi connectivity index (χ3n) is 3.50. The van der Waals surface area contributed by atoms with Gasteiger partial charge in [-0.2, -0.15) is 0 Å². The highest BCUT2D eigenvalue weighted by atomic mass is 32.1. The number of likely N-dealkylation sites (tertiary alicyclic amines) is 1. The van der Waals surface area contributed by atoms with Gasteiger partial charge in [-0.05, 0) is 45.2 Å². The Kier molecular flexibility index (Phi) is 3.27. The maximum atomic E-state index is 12.2. The molecule has 0 unspecified atom stereocenters. The Labute approximate surface area is 106 Å². The lowest BCUT2D eigenvalue weighted by Gasteiger charge is -2.35. The van der Waals surface area contributed by atoms with Crippen molar-refractivity contribution >= 4 is 17.2 Å². The van der Waals surface area contributed by atoms with E-state index in [0.29, 0.717) is 25.9 Å². The van der Waals surface area contributed by atoms with Gasteiger partial charge in [0.15, 0.2) is 0 Å². The van der Waals surface area contributed by atoms with E-state index < -0.39 is 5.60 Å². The highest BCUT2D eigenvalue weighted by Crippen LogP contribution is 2.26. The van der Waals surface area contributed by atoms with Crippen LogP contribution in [0.25, 0.3) is 0 Å². The van der Waals surface area contributed by atoms with E-state index in [1.807, 2.05) is 31.7 Å². The largest absolute Gasteiger partial charge is 0.390 e. The lowest BCUT2D eigenvalue weighted by Crippen LogP contribution is -2.44. The van der Waals surface area contributed by atoms with Gasteiger partial charge in [-0.1, -0.05) is 0 Å². The van der Waals surface area contributed by atoms with Crippen molar-refractivity contribution in [3.8, 4) is 0 Å². The summed E-state index contributed by atoms with van der Waals surface area (Å²) in [5, 5.41) is 9.86. The number of hydrogen-bond acceptors (Lipinski definition) is 3. The predicted octanol–water partition coefficient (Wildman–Crippen LogP) is 2.35. The van der Waals surface area contributed by atoms with E-state index in [1.54, 1.807) is 11.3 Å². The third kappa shape index (κ3) is 2.69.